The van der Waals surface area contributed by atoms with E-state index in [2.05, 4.69) is 318 Å². The van der Waals surface area contributed by atoms with E-state index in [1.165, 1.54) is 66.7 Å². The van der Waals surface area contributed by atoms with Gasteiger partial charge in [0, 0.05) is 83.7 Å². The van der Waals surface area contributed by atoms with Crippen LogP contribution in [-0.4, -0.2) is 19.0 Å². The number of fused-ring (bicyclic) bond motifs is 16. The standard InChI is InChI=1S/C38H24N2OS.C26H16ClNO.C12H7BrS.2CH3I/c1-2-9-27(10-3-1)40-33-15-6-4-12-30(33)36-31-23-25(19-22-34(31)41-38(36)40)24-17-20-26(21-18-24)39-32-14-8-13-29-28-11-5-7-16-35(28)42-37(29)32;27-19-13-10-17(11-14-19)18-12-15-24-22(16-18)25-21-8-4-5-9-23(21)28(26(25)29-24)20-6-2-1-3-7-20;13-10-6-3-5-9-8-4-1-2-7-11(8)14-12(9)10;2*1-2/h1-23,39H;1-16H;1-7H;2*1H3. The van der Waals surface area contributed by atoms with Crippen molar-refractivity contribution >= 4 is 213 Å². The summed E-state index contributed by atoms with van der Waals surface area (Å²) in [6, 6.07) is 97.4. The number of halogens is 4. The molecule has 0 aliphatic carbocycles. The number of thiophene rings is 2. The summed E-state index contributed by atoms with van der Waals surface area (Å²) in [5.41, 5.74) is 14.9. The highest BCUT2D eigenvalue weighted by molar-refractivity contribution is 14.1. The highest BCUT2D eigenvalue weighted by Gasteiger charge is 2.22. The molecule has 12 aromatic carbocycles. The van der Waals surface area contributed by atoms with Crippen LogP contribution in [0.15, 0.2) is 292 Å². The molecule has 0 unspecified atom stereocenters. The van der Waals surface area contributed by atoms with Crippen molar-refractivity contribution in [1.29, 1.82) is 0 Å². The minimum Gasteiger partial charge on any atom is -0.439 e. The lowest BCUT2D eigenvalue weighted by atomic mass is 10.0. The SMILES string of the molecule is Brc1cccc2c1sc1ccccc12.CI.CI.Clc1ccc(-c2ccc3oc4c(c3c2)c2ccccc2n4-c2ccccc2)cc1.c1ccc(-n2c3ccccc3c3c4cc(-c5ccc(Nc6cccc7c6sc6ccccc67)cc5)ccc4oc32)cc1. The largest absolute Gasteiger partial charge is 0.439 e. The van der Waals surface area contributed by atoms with Crippen molar-refractivity contribution < 1.29 is 8.83 Å². The topological polar surface area (TPSA) is 48.2 Å². The summed E-state index contributed by atoms with van der Waals surface area (Å²) in [5.74, 6) is 0. The van der Waals surface area contributed by atoms with Gasteiger partial charge in [0.15, 0.2) is 0 Å². The fraction of sp³-hybridized carbons (Fsp3) is 0.0256. The second-order valence-corrected chi connectivity index (χ2v) is 24.5. The summed E-state index contributed by atoms with van der Waals surface area (Å²) >= 11 is 17.6. The van der Waals surface area contributed by atoms with Gasteiger partial charge in [-0.05, 0) is 157 Å². The van der Waals surface area contributed by atoms with Crippen molar-refractivity contribution in [3.8, 4) is 33.6 Å². The van der Waals surface area contributed by atoms with E-state index in [4.69, 9.17) is 20.4 Å². The molecule has 18 aromatic rings. The van der Waals surface area contributed by atoms with Gasteiger partial charge in [-0.1, -0.05) is 227 Å². The fourth-order valence-corrected chi connectivity index (χ4v) is 15.1. The first kappa shape index (κ1) is 58.5. The molecule has 0 aliphatic heterocycles. The molecule has 432 valence electrons. The van der Waals surface area contributed by atoms with E-state index in [1.807, 2.05) is 68.9 Å². The quantitative estimate of drug-likeness (QED) is 0.133. The molecular weight excluding hydrogens is 1440 g/mol. The normalized spacial score (nSPS) is 11.3. The van der Waals surface area contributed by atoms with E-state index in [1.54, 1.807) is 0 Å². The number of aromatic nitrogens is 2. The molecule has 6 heterocycles. The lowest BCUT2D eigenvalue weighted by Crippen LogP contribution is -1.91. The summed E-state index contributed by atoms with van der Waals surface area (Å²) in [4.78, 5) is 3.94. The Morgan fingerprint density at radius 2 is 0.775 bits per heavy atom. The molecule has 5 nitrogen and oxygen atoms in total. The van der Waals surface area contributed by atoms with Crippen LogP contribution in [0.5, 0.6) is 0 Å². The Bertz CT molecular complexity index is 5560. The van der Waals surface area contributed by atoms with Crippen LogP contribution in [0.2, 0.25) is 5.02 Å². The molecule has 0 bridgehead atoms. The second-order valence-electron chi connectivity index (χ2n) is 21.1. The van der Waals surface area contributed by atoms with Crippen LogP contribution in [0.4, 0.5) is 11.4 Å². The van der Waals surface area contributed by atoms with Crippen LogP contribution in [-0.2, 0) is 0 Å². The van der Waals surface area contributed by atoms with Crippen molar-refractivity contribution in [1.82, 2.24) is 9.13 Å². The summed E-state index contributed by atoms with van der Waals surface area (Å²) in [6.07, 6.45) is 0. The van der Waals surface area contributed by atoms with Crippen molar-refractivity contribution in [2.75, 3.05) is 15.2 Å². The van der Waals surface area contributed by atoms with Crippen molar-refractivity contribution in [3.63, 3.8) is 0 Å². The van der Waals surface area contributed by atoms with Gasteiger partial charge in [0.1, 0.15) is 11.2 Å². The van der Waals surface area contributed by atoms with E-state index in [-0.39, 0.29) is 0 Å². The number of rotatable bonds is 6. The lowest BCUT2D eigenvalue weighted by Gasteiger charge is -2.09. The maximum absolute atomic E-state index is 6.51. The fourth-order valence-electron chi connectivity index (χ4n) is 12.1. The van der Waals surface area contributed by atoms with E-state index >= 15 is 0 Å². The van der Waals surface area contributed by atoms with E-state index in [0.717, 1.165) is 94.1 Å². The minimum atomic E-state index is 0.742. The van der Waals surface area contributed by atoms with Crippen molar-refractivity contribution in [2.24, 2.45) is 0 Å². The third kappa shape index (κ3) is 11.0. The van der Waals surface area contributed by atoms with E-state index in [9.17, 15) is 0 Å². The average molecular weight is 1500 g/mol. The number of hydrogen-bond donors (Lipinski definition) is 1. The molecule has 0 radical (unpaired) electrons. The molecule has 0 saturated heterocycles. The molecule has 6 aromatic heterocycles. The van der Waals surface area contributed by atoms with Gasteiger partial charge in [-0.2, -0.15) is 0 Å². The molecule has 0 atom stereocenters. The van der Waals surface area contributed by atoms with Crippen LogP contribution in [0, 0.1) is 0 Å². The molecule has 18 rings (SSSR count). The van der Waals surface area contributed by atoms with Gasteiger partial charge in [0.2, 0.25) is 11.4 Å². The second kappa shape index (κ2) is 25.7. The zero-order valence-corrected chi connectivity index (χ0v) is 56.4. The molecule has 0 fully saturated rings. The Hall–Kier alpha value is -8.21. The van der Waals surface area contributed by atoms with Gasteiger partial charge in [-0.25, -0.2) is 0 Å². The van der Waals surface area contributed by atoms with Gasteiger partial charge >= 0.3 is 0 Å². The first-order chi connectivity index (χ1) is 44.0. The maximum atomic E-state index is 6.51. The van der Waals surface area contributed by atoms with E-state index in [0.29, 0.717) is 0 Å². The predicted molar refractivity (Wildman–Crippen MR) is 407 cm³/mol. The number of furan rings is 2. The Morgan fingerprint density at radius 3 is 1.29 bits per heavy atom. The van der Waals surface area contributed by atoms with Crippen LogP contribution < -0.4 is 5.32 Å². The third-order valence-electron chi connectivity index (χ3n) is 16.0. The van der Waals surface area contributed by atoms with E-state index < -0.39 is 0 Å². The van der Waals surface area contributed by atoms with Gasteiger partial charge in [0.05, 0.1) is 32.2 Å². The molecule has 0 spiro atoms. The zero-order chi connectivity index (χ0) is 60.5. The molecule has 0 saturated carbocycles. The number of nitrogens with zero attached hydrogens (tertiary/aromatic N) is 2. The first-order valence-corrected chi connectivity index (χ1v) is 36.0. The predicted octanol–water partition coefficient (Wildman–Crippen LogP) is 26.1. The van der Waals surface area contributed by atoms with Crippen LogP contribution in [0.1, 0.15) is 0 Å². The number of benzene rings is 12. The highest BCUT2D eigenvalue weighted by atomic mass is 127. The average Bonchev–Trinajstić information content (AvgIpc) is 2.39. The number of anilines is 2. The molecule has 11 heteroatoms. The highest BCUT2D eigenvalue weighted by Crippen LogP contribution is 2.44. The monoisotopic (exact) mass is 1500 g/mol. The smallest absolute Gasteiger partial charge is 0.213 e. The van der Waals surface area contributed by atoms with Crippen LogP contribution in [0.25, 0.3) is 140 Å². The van der Waals surface area contributed by atoms with Crippen molar-refractivity contribution in [3.05, 3.63) is 289 Å². The molecule has 0 aliphatic rings. The summed E-state index contributed by atoms with van der Waals surface area (Å²) in [7, 11) is 0. The summed E-state index contributed by atoms with van der Waals surface area (Å²) in [6.45, 7) is 0. The Kier molecular flexibility index (Phi) is 16.9. The summed E-state index contributed by atoms with van der Waals surface area (Å²) < 4.78 is 23.8. The van der Waals surface area contributed by atoms with Gasteiger partial charge in [-0.3, -0.25) is 9.13 Å². The maximum Gasteiger partial charge on any atom is 0.213 e. The third-order valence-corrected chi connectivity index (χ3v) is 19.7. The molecular formula is C78H53BrClI2N3O2S2. The lowest BCUT2D eigenvalue weighted by molar-refractivity contribution is 0.645. The number of nitrogens with one attached hydrogen (secondary N) is 1. The number of alkyl halides is 2. The Morgan fingerprint density at radius 1 is 0.371 bits per heavy atom. The Labute approximate surface area is 562 Å². The minimum absolute atomic E-state index is 0.742. The molecule has 1 N–H and O–H groups in total. The van der Waals surface area contributed by atoms with Gasteiger partial charge in [0.25, 0.3) is 0 Å². The molecule has 89 heavy (non-hydrogen) atoms. The van der Waals surface area contributed by atoms with Gasteiger partial charge < -0.3 is 14.2 Å². The Balaban J connectivity index is 0.000000127. The van der Waals surface area contributed by atoms with Crippen molar-refractivity contribution in [2.45, 2.75) is 0 Å². The van der Waals surface area contributed by atoms with Crippen LogP contribution in [0.3, 0.4) is 0 Å². The molecule has 0 amide bonds. The van der Waals surface area contributed by atoms with Crippen LogP contribution >= 0.6 is 95.4 Å². The number of para-hydroxylation sites is 4. The summed E-state index contributed by atoms with van der Waals surface area (Å²) in [5, 5.41) is 16.7. The van der Waals surface area contributed by atoms with Gasteiger partial charge in [-0.15, -0.1) is 22.7 Å². The zero-order valence-electron chi connectivity index (χ0n) is 48.1. The first-order valence-electron chi connectivity index (χ1n) is 28.8. The number of hydrogen-bond acceptors (Lipinski definition) is 5.